The third kappa shape index (κ3) is 4.64. The molecule has 3 aromatic rings. The average molecular weight is 421 g/mol. The Morgan fingerprint density at radius 3 is 2.48 bits per heavy atom. The summed E-state index contributed by atoms with van der Waals surface area (Å²) in [6, 6.07) is 7.60. The van der Waals surface area contributed by atoms with E-state index in [9.17, 15) is 0 Å². The van der Waals surface area contributed by atoms with E-state index < -0.39 is 0 Å². The van der Waals surface area contributed by atoms with Gasteiger partial charge in [-0.1, -0.05) is 11.6 Å². The third-order valence-electron chi connectivity index (χ3n) is 4.66. The third-order valence-corrected chi connectivity index (χ3v) is 6.04. The predicted octanol–water partition coefficient (Wildman–Crippen LogP) is 3.80. The minimum atomic E-state index is 0.570. The lowest BCUT2D eigenvalue weighted by Gasteiger charge is -2.34. The topological polar surface area (TPSA) is 53.0 Å². The summed E-state index contributed by atoms with van der Waals surface area (Å²) in [5.41, 5.74) is 2.15. The van der Waals surface area contributed by atoms with Crippen molar-refractivity contribution in [1.29, 1.82) is 0 Å². The molecule has 0 atom stereocenters. The Balaban J connectivity index is 1.35. The van der Waals surface area contributed by atoms with E-state index in [0.29, 0.717) is 9.79 Å². The minimum absolute atomic E-state index is 0.570. The molecule has 0 aliphatic carbocycles. The number of nitrogens with zero attached hydrogens (tertiary/aromatic N) is 5. The molecule has 142 valence electrons. The molecule has 27 heavy (non-hydrogen) atoms. The van der Waals surface area contributed by atoms with Crippen LogP contribution in [0.5, 0.6) is 0 Å². The maximum atomic E-state index is 5.96. The van der Waals surface area contributed by atoms with Crippen LogP contribution in [0.4, 0.5) is 0 Å². The van der Waals surface area contributed by atoms with Crippen molar-refractivity contribution >= 4 is 35.2 Å². The van der Waals surface area contributed by atoms with Crippen molar-refractivity contribution in [2.45, 2.75) is 20.1 Å². The molecule has 2 aromatic heterocycles. The number of hydrogen-bond donors (Lipinski definition) is 1. The van der Waals surface area contributed by atoms with Crippen LogP contribution in [0.25, 0.3) is 11.4 Å². The van der Waals surface area contributed by atoms with Crippen molar-refractivity contribution in [1.82, 2.24) is 29.5 Å². The van der Waals surface area contributed by atoms with Gasteiger partial charge in [-0.15, -0.1) is 11.3 Å². The van der Waals surface area contributed by atoms with E-state index in [4.69, 9.17) is 23.8 Å². The molecule has 0 spiro atoms. The second-order valence-corrected chi connectivity index (χ2v) is 8.55. The molecular formula is C18H21ClN6S2. The summed E-state index contributed by atoms with van der Waals surface area (Å²) < 4.78 is 2.50. The molecule has 0 amide bonds. The van der Waals surface area contributed by atoms with E-state index >= 15 is 0 Å². The van der Waals surface area contributed by atoms with Gasteiger partial charge in [-0.2, -0.15) is 4.98 Å². The number of aromatic amines is 1. The molecule has 1 N–H and O–H groups in total. The average Bonchev–Trinajstić information content (AvgIpc) is 3.23. The maximum Gasteiger partial charge on any atom is 0.217 e. The number of hydrogen-bond acceptors (Lipinski definition) is 6. The van der Waals surface area contributed by atoms with Gasteiger partial charge in [-0.3, -0.25) is 14.9 Å². The smallest absolute Gasteiger partial charge is 0.217 e. The lowest BCUT2D eigenvalue weighted by atomic mass is 10.2. The van der Waals surface area contributed by atoms with Crippen molar-refractivity contribution in [2.24, 2.45) is 0 Å². The monoisotopic (exact) mass is 420 g/mol. The number of piperazine rings is 1. The first-order valence-corrected chi connectivity index (χ1v) is 10.5. The number of nitrogens with one attached hydrogen (secondary N) is 1. The lowest BCUT2D eigenvalue weighted by molar-refractivity contribution is 0.0975. The van der Waals surface area contributed by atoms with E-state index in [1.165, 1.54) is 5.69 Å². The molecule has 1 aliphatic rings. The van der Waals surface area contributed by atoms with Gasteiger partial charge in [-0.05, 0) is 43.4 Å². The Morgan fingerprint density at radius 1 is 1.11 bits per heavy atom. The Bertz CT molecular complexity index is 953. The molecule has 4 rings (SSSR count). The number of benzene rings is 1. The highest BCUT2D eigenvalue weighted by Gasteiger charge is 2.18. The van der Waals surface area contributed by atoms with Crippen molar-refractivity contribution in [3.05, 3.63) is 50.1 Å². The first-order valence-electron chi connectivity index (χ1n) is 8.85. The molecule has 1 saturated heterocycles. The van der Waals surface area contributed by atoms with Gasteiger partial charge in [0.15, 0.2) is 5.82 Å². The Hall–Kier alpha value is -1.58. The molecule has 9 heteroatoms. The van der Waals surface area contributed by atoms with Gasteiger partial charge in [-0.25, -0.2) is 9.67 Å². The molecule has 0 unspecified atom stereocenters. The van der Waals surface area contributed by atoms with Gasteiger partial charge in [0, 0.05) is 48.7 Å². The normalized spacial score (nSPS) is 16.1. The SMILES string of the molecule is Cc1nc(CN2CCN(Cn3[nH]c(-c4ccc(Cl)cc4)nc3=S)CC2)cs1. The first kappa shape index (κ1) is 18.8. The number of aryl methyl sites for hydroxylation is 1. The van der Waals surface area contributed by atoms with Gasteiger partial charge < -0.3 is 0 Å². The van der Waals surface area contributed by atoms with Gasteiger partial charge in [0.05, 0.1) is 17.4 Å². The highest BCUT2D eigenvalue weighted by atomic mass is 35.5. The summed E-state index contributed by atoms with van der Waals surface area (Å²) >= 11 is 13.1. The number of H-pyrrole nitrogens is 1. The fraction of sp³-hybridized carbons (Fsp3) is 0.389. The van der Waals surface area contributed by atoms with E-state index in [1.54, 1.807) is 11.3 Å². The van der Waals surface area contributed by atoms with Crippen LogP contribution < -0.4 is 0 Å². The van der Waals surface area contributed by atoms with Gasteiger partial charge in [0.1, 0.15) is 0 Å². The van der Waals surface area contributed by atoms with Crippen LogP contribution in [-0.4, -0.2) is 55.7 Å². The molecule has 1 aromatic carbocycles. The quantitative estimate of drug-likeness (QED) is 0.636. The second-order valence-electron chi connectivity index (χ2n) is 6.68. The van der Waals surface area contributed by atoms with Crippen LogP contribution in [0, 0.1) is 11.7 Å². The van der Waals surface area contributed by atoms with Gasteiger partial charge >= 0.3 is 0 Å². The number of aromatic nitrogens is 4. The predicted molar refractivity (Wildman–Crippen MR) is 112 cm³/mol. The zero-order valence-electron chi connectivity index (χ0n) is 15.1. The Morgan fingerprint density at radius 2 is 1.81 bits per heavy atom. The molecule has 0 radical (unpaired) electrons. The van der Waals surface area contributed by atoms with Crippen LogP contribution in [0.1, 0.15) is 10.7 Å². The molecule has 0 saturated carbocycles. The lowest BCUT2D eigenvalue weighted by Crippen LogP contribution is -2.46. The largest absolute Gasteiger partial charge is 0.295 e. The standard InChI is InChI=1S/C18H21ClN6S2/c1-13-20-16(11-27-13)10-23-6-8-24(9-7-23)12-25-18(26)21-17(22-25)14-2-4-15(19)5-3-14/h2-5,11H,6-10,12H2,1H3,(H,21,22,26). The number of halogens is 1. The molecule has 1 aliphatic heterocycles. The van der Waals surface area contributed by atoms with Gasteiger partial charge in [0.25, 0.3) is 0 Å². The van der Waals surface area contributed by atoms with E-state index in [2.05, 4.69) is 37.2 Å². The summed E-state index contributed by atoms with van der Waals surface area (Å²) in [5, 5.41) is 7.31. The van der Waals surface area contributed by atoms with Crippen molar-refractivity contribution in [3.8, 4) is 11.4 Å². The first-order chi connectivity index (χ1) is 13.1. The summed E-state index contributed by atoms with van der Waals surface area (Å²) in [5.74, 6) is 0.772. The van der Waals surface area contributed by atoms with E-state index in [-0.39, 0.29) is 0 Å². The minimum Gasteiger partial charge on any atom is -0.295 e. The molecular weight excluding hydrogens is 400 g/mol. The fourth-order valence-electron chi connectivity index (χ4n) is 3.19. The molecule has 1 fully saturated rings. The fourth-order valence-corrected chi connectivity index (χ4v) is 4.11. The molecule has 3 heterocycles. The van der Waals surface area contributed by atoms with Crippen LogP contribution in [-0.2, 0) is 13.2 Å². The zero-order chi connectivity index (χ0) is 18.8. The molecule has 0 bridgehead atoms. The maximum absolute atomic E-state index is 5.96. The number of rotatable bonds is 5. The summed E-state index contributed by atoms with van der Waals surface area (Å²) in [6.07, 6.45) is 0. The van der Waals surface area contributed by atoms with Crippen LogP contribution in [0.15, 0.2) is 29.6 Å². The van der Waals surface area contributed by atoms with Crippen molar-refractivity contribution in [2.75, 3.05) is 26.2 Å². The Kier molecular flexibility index (Phi) is 5.70. The van der Waals surface area contributed by atoms with Crippen molar-refractivity contribution < 1.29 is 0 Å². The van der Waals surface area contributed by atoms with Crippen LogP contribution in [0.2, 0.25) is 5.02 Å². The van der Waals surface area contributed by atoms with Crippen LogP contribution in [0.3, 0.4) is 0 Å². The Labute approximate surface area is 172 Å². The van der Waals surface area contributed by atoms with Crippen molar-refractivity contribution in [3.63, 3.8) is 0 Å². The second kappa shape index (κ2) is 8.20. The van der Waals surface area contributed by atoms with E-state index in [0.717, 1.165) is 55.8 Å². The zero-order valence-corrected chi connectivity index (χ0v) is 17.4. The molecule has 6 nitrogen and oxygen atoms in total. The van der Waals surface area contributed by atoms with Gasteiger partial charge in [0.2, 0.25) is 4.77 Å². The highest BCUT2D eigenvalue weighted by molar-refractivity contribution is 7.71. The van der Waals surface area contributed by atoms with Crippen LogP contribution >= 0.6 is 35.2 Å². The number of thiazole rings is 1. The highest BCUT2D eigenvalue weighted by Crippen LogP contribution is 2.18. The summed E-state index contributed by atoms with van der Waals surface area (Å²) in [7, 11) is 0. The summed E-state index contributed by atoms with van der Waals surface area (Å²) in [6.45, 7) is 7.77. The summed E-state index contributed by atoms with van der Waals surface area (Å²) in [4.78, 5) is 13.9. The van der Waals surface area contributed by atoms with E-state index in [1.807, 2.05) is 28.9 Å².